The van der Waals surface area contributed by atoms with Crippen molar-refractivity contribution < 1.29 is 0 Å². The molecule has 1 aliphatic rings. The van der Waals surface area contributed by atoms with E-state index in [0.29, 0.717) is 5.02 Å². The molecule has 3 rings (SSSR count). The summed E-state index contributed by atoms with van der Waals surface area (Å²) in [6, 6.07) is 7.71. The Balaban J connectivity index is 2.03. The summed E-state index contributed by atoms with van der Waals surface area (Å²) in [7, 11) is 0. The second-order valence-corrected chi connectivity index (χ2v) is 5.39. The molecule has 19 heavy (non-hydrogen) atoms. The van der Waals surface area contributed by atoms with E-state index in [1.54, 1.807) is 0 Å². The highest BCUT2D eigenvalue weighted by atomic mass is 35.5. The van der Waals surface area contributed by atoms with Crippen molar-refractivity contribution in [3.63, 3.8) is 0 Å². The molecule has 0 saturated carbocycles. The fraction of sp³-hybridized carbons (Fsp3) is 0.333. The molecule has 2 aromatic rings. The van der Waals surface area contributed by atoms with Gasteiger partial charge in [0.05, 0.1) is 0 Å². The van der Waals surface area contributed by atoms with Crippen molar-refractivity contribution in [3.05, 3.63) is 46.7 Å². The highest BCUT2D eigenvalue weighted by Crippen LogP contribution is 2.27. The summed E-state index contributed by atoms with van der Waals surface area (Å²) in [5.41, 5.74) is 9.30. The molecule has 1 atom stereocenters. The number of nitrogens with zero attached hydrogens (tertiary/aromatic N) is 2. The Bertz CT molecular complexity index is 598. The van der Waals surface area contributed by atoms with Gasteiger partial charge in [0.1, 0.15) is 0 Å². The average Bonchev–Trinajstić information content (AvgIpc) is 2.60. The van der Waals surface area contributed by atoms with Crippen LogP contribution in [0.1, 0.15) is 36.6 Å². The van der Waals surface area contributed by atoms with Crippen molar-refractivity contribution in [2.75, 3.05) is 0 Å². The van der Waals surface area contributed by atoms with Gasteiger partial charge in [-0.2, -0.15) is 0 Å². The van der Waals surface area contributed by atoms with E-state index in [4.69, 9.17) is 17.3 Å². The normalized spacial score (nSPS) is 18.7. The Morgan fingerprint density at radius 1 is 1.26 bits per heavy atom. The van der Waals surface area contributed by atoms with Gasteiger partial charge < -0.3 is 5.73 Å². The van der Waals surface area contributed by atoms with Crippen molar-refractivity contribution in [1.82, 2.24) is 9.97 Å². The van der Waals surface area contributed by atoms with Gasteiger partial charge in [0.25, 0.3) is 0 Å². The highest BCUT2D eigenvalue weighted by Gasteiger charge is 2.17. The van der Waals surface area contributed by atoms with Crippen LogP contribution in [0.3, 0.4) is 0 Å². The number of nitrogens with two attached hydrogens (primary N) is 1. The largest absolute Gasteiger partial charge is 0.324 e. The zero-order chi connectivity index (χ0) is 13.2. The van der Waals surface area contributed by atoms with E-state index in [2.05, 4.69) is 9.97 Å². The molecular weight excluding hydrogens is 258 g/mol. The number of hydrogen-bond donors (Lipinski definition) is 1. The number of aryl methyl sites for hydroxylation is 1. The first-order chi connectivity index (χ1) is 9.24. The van der Waals surface area contributed by atoms with E-state index in [-0.39, 0.29) is 6.04 Å². The van der Waals surface area contributed by atoms with Gasteiger partial charge in [-0.05, 0) is 31.4 Å². The molecule has 1 aromatic carbocycles. The molecule has 0 radical (unpaired) electrons. The molecule has 2 N–H and O–H groups in total. The van der Waals surface area contributed by atoms with Gasteiger partial charge in [0, 0.05) is 34.1 Å². The first-order valence-corrected chi connectivity index (χ1v) is 6.99. The Kier molecular flexibility index (Phi) is 3.49. The molecule has 4 heteroatoms. The van der Waals surface area contributed by atoms with Gasteiger partial charge in [-0.15, -0.1) is 0 Å². The van der Waals surface area contributed by atoms with E-state index < -0.39 is 0 Å². The second kappa shape index (κ2) is 5.27. The number of aromatic nitrogens is 2. The minimum absolute atomic E-state index is 0.0749. The third-order valence-corrected chi connectivity index (χ3v) is 3.80. The third-order valence-electron chi connectivity index (χ3n) is 3.56. The predicted molar refractivity (Wildman–Crippen MR) is 77.0 cm³/mol. The monoisotopic (exact) mass is 273 g/mol. The molecule has 1 aromatic heterocycles. The van der Waals surface area contributed by atoms with Gasteiger partial charge in [0.15, 0.2) is 5.82 Å². The number of halogens is 1. The molecule has 0 saturated heterocycles. The Labute approximate surface area is 117 Å². The third kappa shape index (κ3) is 2.62. The van der Waals surface area contributed by atoms with E-state index >= 15 is 0 Å². The number of rotatable bonds is 1. The van der Waals surface area contributed by atoms with E-state index in [1.807, 2.05) is 30.5 Å². The van der Waals surface area contributed by atoms with Crippen molar-refractivity contribution in [3.8, 4) is 11.4 Å². The summed E-state index contributed by atoms with van der Waals surface area (Å²) in [4.78, 5) is 9.13. The number of benzene rings is 1. The van der Waals surface area contributed by atoms with Crippen LogP contribution in [-0.2, 0) is 6.42 Å². The first kappa shape index (κ1) is 12.6. The fourth-order valence-electron chi connectivity index (χ4n) is 2.52. The van der Waals surface area contributed by atoms with Crippen molar-refractivity contribution in [2.24, 2.45) is 5.73 Å². The maximum Gasteiger partial charge on any atom is 0.159 e. The molecule has 0 fully saturated rings. The lowest BCUT2D eigenvalue weighted by Crippen LogP contribution is -2.12. The minimum Gasteiger partial charge on any atom is -0.324 e. The summed E-state index contributed by atoms with van der Waals surface area (Å²) in [6.45, 7) is 0. The first-order valence-electron chi connectivity index (χ1n) is 6.61. The van der Waals surface area contributed by atoms with Crippen LogP contribution in [-0.4, -0.2) is 9.97 Å². The van der Waals surface area contributed by atoms with Crippen LogP contribution >= 0.6 is 11.6 Å². The second-order valence-electron chi connectivity index (χ2n) is 4.96. The van der Waals surface area contributed by atoms with Crippen molar-refractivity contribution >= 4 is 11.6 Å². The van der Waals surface area contributed by atoms with Crippen LogP contribution < -0.4 is 5.73 Å². The van der Waals surface area contributed by atoms with Crippen LogP contribution in [0.5, 0.6) is 0 Å². The van der Waals surface area contributed by atoms with Crippen LogP contribution in [0.25, 0.3) is 11.4 Å². The average molecular weight is 274 g/mol. The summed E-state index contributed by atoms with van der Waals surface area (Å²) in [5.74, 6) is 0.732. The van der Waals surface area contributed by atoms with Crippen molar-refractivity contribution in [2.45, 2.75) is 31.7 Å². The predicted octanol–water partition coefficient (Wildman–Crippen LogP) is 3.52. The molecule has 0 bridgehead atoms. The molecular formula is C15H16ClN3. The molecule has 98 valence electrons. The SMILES string of the molecule is NC1CCCCc2nc(-c3cccc(Cl)c3)ncc21. The van der Waals surface area contributed by atoms with E-state index in [1.165, 1.54) is 0 Å². The lowest BCUT2D eigenvalue weighted by molar-refractivity contribution is 0.614. The summed E-state index contributed by atoms with van der Waals surface area (Å²) in [6.07, 6.45) is 6.19. The van der Waals surface area contributed by atoms with Crippen LogP contribution in [0, 0.1) is 0 Å². The Morgan fingerprint density at radius 2 is 2.16 bits per heavy atom. The number of fused-ring (bicyclic) bond motifs is 1. The van der Waals surface area contributed by atoms with Crippen molar-refractivity contribution in [1.29, 1.82) is 0 Å². The molecule has 1 unspecified atom stereocenters. The zero-order valence-electron chi connectivity index (χ0n) is 10.6. The lowest BCUT2D eigenvalue weighted by Gasteiger charge is -2.12. The Hall–Kier alpha value is -1.45. The van der Waals surface area contributed by atoms with Gasteiger partial charge in [-0.25, -0.2) is 9.97 Å². The standard InChI is InChI=1S/C15H16ClN3/c16-11-5-3-4-10(8-11)15-18-9-12-13(17)6-1-2-7-14(12)19-15/h3-5,8-9,13H,1-2,6-7,17H2. The smallest absolute Gasteiger partial charge is 0.159 e. The van der Waals surface area contributed by atoms with Gasteiger partial charge in [0.2, 0.25) is 0 Å². The summed E-state index contributed by atoms with van der Waals surface area (Å²) >= 11 is 6.01. The summed E-state index contributed by atoms with van der Waals surface area (Å²) in [5, 5.41) is 0.702. The molecule has 0 aliphatic heterocycles. The van der Waals surface area contributed by atoms with E-state index in [9.17, 15) is 0 Å². The van der Waals surface area contributed by atoms with Crippen LogP contribution in [0.15, 0.2) is 30.5 Å². The topological polar surface area (TPSA) is 51.8 Å². The summed E-state index contributed by atoms with van der Waals surface area (Å²) < 4.78 is 0. The maximum absolute atomic E-state index is 6.16. The molecule has 0 amide bonds. The maximum atomic E-state index is 6.16. The quantitative estimate of drug-likeness (QED) is 0.809. The fourth-order valence-corrected chi connectivity index (χ4v) is 2.71. The van der Waals surface area contributed by atoms with Crippen LogP contribution in [0.2, 0.25) is 5.02 Å². The van der Waals surface area contributed by atoms with Gasteiger partial charge >= 0.3 is 0 Å². The number of hydrogen-bond acceptors (Lipinski definition) is 3. The molecule has 3 nitrogen and oxygen atoms in total. The molecule has 1 heterocycles. The zero-order valence-corrected chi connectivity index (χ0v) is 11.4. The lowest BCUT2D eigenvalue weighted by atomic mass is 10.1. The van der Waals surface area contributed by atoms with Gasteiger partial charge in [-0.1, -0.05) is 30.2 Å². The highest BCUT2D eigenvalue weighted by molar-refractivity contribution is 6.30. The molecule has 1 aliphatic carbocycles. The van der Waals surface area contributed by atoms with E-state index in [0.717, 1.165) is 48.3 Å². The van der Waals surface area contributed by atoms with Crippen LogP contribution in [0.4, 0.5) is 0 Å². The Morgan fingerprint density at radius 3 is 3.00 bits per heavy atom. The molecule has 0 spiro atoms. The minimum atomic E-state index is 0.0749. The van der Waals surface area contributed by atoms with Gasteiger partial charge in [-0.3, -0.25) is 0 Å².